The number of para-hydroxylation sites is 1. The van der Waals surface area contributed by atoms with Crippen LogP contribution < -0.4 is 10.6 Å². The summed E-state index contributed by atoms with van der Waals surface area (Å²) in [5.41, 5.74) is 6.59. The predicted molar refractivity (Wildman–Crippen MR) is 101 cm³/mol. The van der Waals surface area contributed by atoms with Crippen LogP contribution in [0.2, 0.25) is 0 Å². The number of benzene rings is 1. The Bertz CT molecular complexity index is 722. The highest BCUT2D eigenvalue weighted by molar-refractivity contribution is 8.00. The number of thioether (sulfide) groups is 1. The topological polar surface area (TPSA) is 101 Å². The zero-order chi connectivity index (χ0) is 18.7. The molecule has 8 heteroatoms. The molecule has 0 spiro atoms. The third-order valence-electron chi connectivity index (χ3n) is 4.16. The fraction of sp³-hybridized carbons (Fsp3) is 0.412. The molecule has 1 aromatic rings. The summed E-state index contributed by atoms with van der Waals surface area (Å²) in [4.78, 5) is 39.0. The Morgan fingerprint density at radius 1 is 1.40 bits per heavy atom. The number of rotatable bonds is 6. The first-order valence-corrected chi connectivity index (χ1v) is 9.19. The Balaban J connectivity index is 2.46. The predicted octanol–water partition coefficient (Wildman–Crippen LogP) is 2.10. The van der Waals surface area contributed by atoms with Crippen LogP contribution >= 0.6 is 24.0 Å². The molecule has 3 atom stereocenters. The van der Waals surface area contributed by atoms with E-state index in [4.69, 9.17) is 18.0 Å². The third kappa shape index (κ3) is 4.08. The SMILES string of the molecule is CCC(C)C(=S)C(=O)[C@H]1C(=O)N(CC(=O)O)c2ccccc2S[C@@H]1N. The quantitative estimate of drug-likeness (QED) is 0.576. The molecular formula is C17H20N2O4S2. The number of Topliss-reactive ketones (excluding diaryl/α,β-unsaturated/α-hetero) is 1. The van der Waals surface area contributed by atoms with Gasteiger partial charge in [0.05, 0.1) is 15.9 Å². The van der Waals surface area contributed by atoms with Crippen LogP contribution in [-0.4, -0.2) is 39.5 Å². The van der Waals surface area contributed by atoms with E-state index >= 15 is 0 Å². The lowest BCUT2D eigenvalue weighted by Crippen LogP contribution is -2.49. The van der Waals surface area contributed by atoms with Crippen molar-refractivity contribution in [3.63, 3.8) is 0 Å². The summed E-state index contributed by atoms with van der Waals surface area (Å²) in [6.45, 7) is 3.19. The minimum atomic E-state index is -1.20. The largest absolute Gasteiger partial charge is 0.480 e. The Hall–Kier alpha value is -1.77. The van der Waals surface area contributed by atoms with E-state index < -0.39 is 35.5 Å². The number of aliphatic carboxylic acids is 1. The summed E-state index contributed by atoms with van der Waals surface area (Å²) in [6, 6.07) is 6.88. The van der Waals surface area contributed by atoms with Gasteiger partial charge in [-0.15, -0.1) is 11.8 Å². The van der Waals surface area contributed by atoms with Crippen molar-refractivity contribution in [3.8, 4) is 0 Å². The summed E-state index contributed by atoms with van der Waals surface area (Å²) in [5, 5.41) is 8.35. The minimum Gasteiger partial charge on any atom is -0.480 e. The van der Waals surface area contributed by atoms with Gasteiger partial charge in [-0.25, -0.2) is 0 Å². The number of carboxylic acid groups (broad SMARTS) is 1. The Labute approximate surface area is 155 Å². The fourth-order valence-electron chi connectivity index (χ4n) is 2.56. The third-order valence-corrected chi connectivity index (χ3v) is 5.91. The smallest absolute Gasteiger partial charge is 0.323 e. The molecule has 1 unspecified atom stereocenters. The normalized spacial score (nSPS) is 21.2. The molecule has 3 N–H and O–H groups in total. The lowest BCUT2D eigenvalue weighted by atomic mass is 9.92. The first-order valence-electron chi connectivity index (χ1n) is 7.90. The second-order valence-corrected chi connectivity index (χ2v) is 7.54. The number of hydrogen-bond acceptors (Lipinski definition) is 6. The van der Waals surface area contributed by atoms with Gasteiger partial charge in [0.15, 0.2) is 5.78 Å². The lowest BCUT2D eigenvalue weighted by Gasteiger charge is -2.25. The maximum atomic E-state index is 13.0. The summed E-state index contributed by atoms with van der Waals surface area (Å²) in [5.74, 6) is -3.62. The maximum Gasteiger partial charge on any atom is 0.323 e. The van der Waals surface area contributed by atoms with Crippen molar-refractivity contribution >= 4 is 52.2 Å². The van der Waals surface area contributed by atoms with Crippen LogP contribution in [0.15, 0.2) is 29.2 Å². The van der Waals surface area contributed by atoms with E-state index in [0.717, 1.165) is 4.90 Å². The molecule has 0 aliphatic carbocycles. The number of carbonyl (C=O) groups is 3. The van der Waals surface area contributed by atoms with E-state index in [-0.39, 0.29) is 10.8 Å². The Morgan fingerprint density at radius 2 is 2.04 bits per heavy atom. The number of carboxylic acids is 1. The number of nitrogens with two attached hydrogens (primary N) is 1. The number of thiocarbonyl (C=S) groups is 1. The van der Waals surface area contributed by atoms with Gasteiger partial charge in [-0.2, -0.15) is 0 Å². The van der Waals surface area contributed by atoms with E-state index in [2.05, 4.69) is 0 Å². The first kappa shape index (κ1) is 19.6. The van der Waals surface area contributed by atoms with Gasteiger partial charge >= 0.3 is 5.97 Å². The van der Waals surface area contributed by atoms with Crippen LogP contribution in [0.4, 0.5) is 5.69 Å². The number of carbonyl (C=O) groups excluding carboxylic acids is 2. The Morgan fingerprint density at radius 3 is 2.64 bits per heavy atom. The fourth-order valence-corrected chi connectivity index (χ4v) is 3.98. The molecular weight excluding hydrogens is 360 g/mol. The van der Waals surface area contributed by atoms with E-state index in [1.165, 1.54) is 11.8 Å². The first-order chi connectivity index (χ1) is 11.8. The number of hydrogen-bond donors (Lipinski definition) is 2. The molecule has 0 saturated heterocycles. The number of anilines is 1. The second kappa shape index (κ2) is 8.07. The zero-order valence-corrected chi connectivity index (χ0v) is 15.6. The molecule has 2 rings (SSSR count). The highest BCUT2D eigenvalue weighted by Crippen LogP contribution is 2.39. The highest BCUT2D eigenvalue weighted by Gasteiger charge is 2.42. The summed E-state index contributed by atoms with van der Waals surface area (Å²) in [6.07, 6.45) is 0.674. The van der Waals surface area contributed by atoms with Gasteiger partial charge in [-0.3, -0.25) is 19.3 Å². The maximum absolute atomic E-state index is 13.0. The molecule has 0 fully saturated rings. The number of ketones is 1. The van der Waals surface area contributed by atoms with E-state index in [0.29, 0.717) is 17.0 Å². The number of amides is 1. The highest BCUT2D eigenvalue weighted by atomic mass is 32.2. The zero-order valence-electron chi connectivity index (χ0n) is 14.0. The molecule has 1 aliphatic heterocycles. The Kier molecular flexibility index (Phi) is 6.31. The van der Waals surface area contributed by atoms with Gasteiger partial charge in [0.25, 0.3) is 0 Å². The molecule has 134 valence electrons. The van der Waals surface area contributed by atoms with E-state index in [9.17, 15) is 19.5 Å². The lowest BCUT2D eigenvalue weighted by molar-refractivity contribution is -0.138. The van der Waals surface area contributed by atoms with Gasteiger partial charge in [-0.1, -0.05) is 38.2 Å². The van der Waals surface area contributed by atoms with Crippen molar-refractivity contribution in [2.24, 2.45) is 17.6 Å². The number of nitrogens with zero attached hydrogens (tertiary/aromatic N) is 1. The second-order valence-electron chi connectivity index (χ2n) is 5.88. The number of fused-ring (bicyclic) bond motifs is 1. The van der Waals surface area contributed by atoms with Crippen molar-refractivity contribution in [3.05, 3.63) is 24.3 Å². The molecule has 0 saturated carbocycles. The van der Waals surface area contributed by atoms with Crippen LogP contribution in [0, 0.1) is 11.8 Å². The molecule has 1 aromatic carbocycles. The molecule has 25 heavy (non-hydrogen) atoms. The van der Waals surface area contributed by atoms with Gasteiger partial charge in [-0.05, 0) is 24.5 Å². The average molecular weight is 380 g/mol. The summed E-state index contributed by atoms with van der Waals surface area (Å²) in [7, 11) is 0. The average Bonchev–Trinajstić information content (AvgIpc) is 2.67. The summed E-state index contributed by atoms with van der Waals surface area (Å²) >= 11 is 6.42. The van der Waals surface area contributed by atoms with Gasteiger partial charge in [0.2, 0.25) is 5.91 Å². The van der Waals surface area contributed by atoms with Crippen molar-refractivity contribution in [2.75, 3.05) is 11.4 Å². The van der Waals surface area contributed by atoms with Crippen LogP contribution in [0.5, 0.6) is 0 Å². The van der Waals surface area contributed by atoms with E-state index in [1.807, 2.05) is 13.8 Å². The van der Waals surface area contributed by atoms with Gasteiger partial charge in [0.1, 0.15) is 12.5 Å². The van der Waals surface area contributed by atoms with Crippen molar-refractivity contribution in [1.29, 1.82) is 0 Å². The standard InChI is InChI=1S/C17H20N2O4S2/c1-3-9(2)15(24)14(22)13-16(18)25-11-7-5-4-6-10(11)19(17(13)23)8-12(20)21/h4-7,9,13,16H,3,8,18H2,1-2H3,(H,20,21)/t9?,13-,16+/m1/s1. The van der Waals surface area contributed by atoms with Crippen molar-refractivity contribution in [2.45, 2.75) is 30.5 Å². The molecule has 1 amide bonds. The van der Waals surface area contributed by atoms with Gasteiger partial charge in [0, 0.05) is 4.90 Å². The molecule has 6 nitrogen and oxygen atoms in total. The van der Waals surface area contributed by atoms with Crippen molar-refractivity contribution < 1.29 is 19.5 Å². The summed E-state index contributed by atoms with van der Waals surface area (Å²) < 4.78 is 0. The molecule has 0 aromatic heterocycles. The van der Waals surface area contributed by atoms with E-state index in [1.54, 1.807) is 24.3 Å². The van der Waals surface area contributed by atoms with Crippen LogP contribution in [-0.2, 0) is 14.4 Å². The molecule has 1 heterocycles. The van der Waals surface area contributed by atoms with Crippen LogP contribution in [0.1, 0.15) is 20.3 Å². The van der Waals surface area contributed by atoms with Gasteiger partial charge < -0.3 is 10.8 Å². The molecule has 1 aliphatic rings. The van der Waals surface area contributed by atoms with Crippen molar-refractivity contribution in [1.82, 2.24) is 0 Å². The molecule has 0 bridgehead atoms. The van der Waals surface area contributed by atoms with Crippen LogP contribution in [0.3, 0.4) is 0 Å². The molecule has 0 radical (unpaired) electrons. The monoisotopic (exact) mass is 380 g/mol. The van der Waals surface area contributed by atoms with Crippen LogP contribution in [0.25, 0.3) is 0 Å². The minimum absolute atomic E-state index is 0.147.